The van der Waals surface area contributed by atoms with E-state index in [0.29, 0.717) is 12.0 Å². The number of hydrogen-bond acceptors (Lipinski definition) is 28. The van der Waals surface area contributed by atoms with Gasteiger partial charge in [0, 0.05) is 108 Å². The minimum Gasteiger partial charge on any atom is -0.481 e. The van der Waals surface area contributed by atoms with E-state index in [2.05, 4.69) is 100 Å². The van der Waals surface area contributed by atoms with Crippen molar-refractivity contribution in [2.24, 2.45) is 17.6 Å². The largest absolute Gasteiger partial charge is 0.481 e. The number of carbonyl (C=O) groups is 21. The van der Waals surface area contributed by atoms with E-state index in [1.54, 1.807) is 44.3 Å². The van der Waals surface area contributed by atoms with Crippen LogP contribution in [0.25, 0.3) is 21.8 Å². The number of para-hydroxylation sites is 2. The zero-order valence-electron chi connectivity index (χ0n) is 82.1. The number of carbonyl (C=O) groups excluding carboxylic acids is 18. The number of aliphatic hydroxyl groups is 1. The van der Waals surface area contributed by atoms with Crippen molar-refractivity contribution in [1.82, 2.24) is 100 Å². The summed E-state index contributed by atoms with van der Waals surface area (Å²) >= 11 is 4.76. The van der Waals surface area contributed by atoms with Gasteiger partial charge < -0.3 is 127 Å². The summed E-state index contributed by atoms with van der Waals surface area (Å²) in [6, 6.07) is 5.37. The molecule has 0 bridgehead atoms. The molecule has 3 aliphatic rings. The van der Waals surface area contributed by atoms with Gasteiger partial charge in [-0.15, -0.1) is 0 Å². The van der Waals surface area contributed by atoms with Crippen molar-refractivity contribution in [1.29, 1.82) is 0 Å². The second-order valence-corrected chi connectivity index (χ2v) is 40.1. The van der Waals surface area contributed by atoms with Gasteiger partial charge in [-0.05, 0) is 127 Å². The van der Waals surface area contributed by atoms with E-state index in [0.717, 1.165) is 63.4 Å². The summed E-state index contributed by atoms with van der Waals surface area (Å²) in [5, 5.41) is 84.0. The average Bonchev–Trinajstić information content (AvgIpc) is 1.80. The van der Waals surface area contributed by atoms with E-state index in [-0.39, 0.29) is 85.0 Å². The Hall–Kier alpha value is -12.7. The Kier molecular flexibility index (Phi) is 47.9. The van der Waals surface area contributed by atoms with Crippen molar-refractivity contribution in [3.8, 4) is 0 Å². The number of aromatic amines is 2. The highest BCUT2D eigenvalue weighted by molar-refractivity contribution is 7.99. The number of thioether (sulfide) groups is 4. The van der Waals surface area contributed by atoms with E-state index in [1.165, 1.54) is 58.1 Å². The summed E-state index contributed by atoms with van der Waals surface area (Å²) in [6.07, 6.45) is 5.39. The molecule has 16 amide bonds. The van der Waals surface area contributed by atoms with Crippen LogP contribution in [0.5, 0.6) is 0 Å². The normalized spacial score (nSPS) is 22.8. The molecule has 0 radical (unpaired) electrons. The monoisotopic (exact) mass is 2070 g/mol. The van der Waals surface area contributed by atoms with Gasteiger partial charge in [-0.2, -0.15) is 47.0 Å². The lowest BCUT2D eigenvalue weighted by atomic mass is 9.88. The number of amides is 16. The topological polar surface area (TPSA) is 702 Å². The molecular formula is C94H134N20O25S4. The molecule has 8 rings (SSSR count). The number of nitrogens with two attached hydrogens (primary N) is 1. The van der Waals surface area contributed by atoms with Crippen LogP contribution in [0.1, 0.15) is 137 Å². The Morgan fingerprint density at radius 1 is 0.503 bits per heavy atom. The molecule has 0 spiro atoms. The van der Waals surface area contributed by atoms with Crippen LogP contribution in [-0.2, 0) is 120 Å². The molecule has 3 aromatic carbocycles. The maximum absolute atomic E-state index is 14.3. The van der Waals surface area contributed by atoms with Crippen molar-refractivity contribution < 1.29 is 121 Å². The first-order chi connectivity index (χ1) is 67.4. The van der Waals surface area contributed by atoms with E-state index in [9.17, 15) is 121 Å². The number of ketones is 2. The number of fused-ring (bicyclic) bond motifs is 2. The smallest absolute Gasteiger partial charge is 0.327 e. The number of aliphatic hydroxyl groups excluding tert-OH is 1. The van der Waals surface area contributed by atoms with Crippen molar-refractivity contribution in [2.75, 3.05) is 61.1 Å². The van der Waals surface area contributed by atoms with Gasteiger partial charge in [-0.3, -0.25) is 95.9 Å². The lowest BCUT2D eigenvalue weighted by molar-refractivity contribution is -0.141. The minimum absolute atomic E-state index is 0.0648. The number of aliphatic carboxylic acids is 3. The van der Waals surface area contributed by atoms with Crippen molar-refractivity contribution in [3.05, 3.63) is 108 Å². The molecule has 3 fully saturated rings. The number of nitrogens with one attached hydrogen (secondary N) is 19. The molecule has 0 aliphatic carbocycles. The van der Waals surface area contributed by atoms with E-state index in [1.807, 2.05) is 100 Å². The number of H-pyrrole nitrogens is 2. The summed E-state index contributed by atoms with van der Waals surface area (Å²) in [4.78, 5) is 280. The average molecular weight is 2070 g/mol. The van der Waals surface area contributed by atoms with Crippen molar-refractivity contribution in [2.45, 2.75) is 248 Å². The number of benzene rings is 3. The maximum Gasteiger partial charge on any atom is 0.327 e. The predicted molar refractivity (Wildman–Crippen MR) is 537 cm³/mol. The summed E-state index contributed by atoms with van der Waals surface area (Å²) in [5.41, 5.74) is 6.49. The van der Waals surface area contributed by atoms with E-state index < -0.39 is 258 Å². The summed E-state index contributed by atoms with van der Waals surface area (Å²) in [7, 11) is 1.69. The fourth-order valence-corrected chi connectivity index (χ4v) is 18.0. The van der Waals surface area contributed by atoms with Crippen LogP contribution in [0.2, 0.25) is 0 Å². The number of aromatic nitrogens is 2. The molecular weight excluding hydrogens is 1940 g/mol. The molecule has 5 aromatic rings. The quantitative estimate of drug-likeness (QED) is 0.0201. The third-order valence-corrected chi connectivity index (χ3v) is 26.6. The van der Waals surface area contributed by atoms with Crippen molar-refractivity contribution in [3.63, 3.8) is 0 Å². The first-order valence-electron chi connectivity index (χ1n) is 46.3. The number of hydrogen-bond donors (Lipinski definition) is 24. The summed E-state index contributed by atoms with van der Waals surface area (Å²) in [6.45, 7) is 15.0. The molecule has 49 heteroatoms. The second kappa shape index (κ2) is 57.5. The number of rotatable bonds is 38. The van der Waals surface area contributed by atoms with E-state index in [4.69, 9.17) is 5.73 Å². The third-order valence-electron chi connectivity index (χ3n) is 23.5. The van der Waals surface area contributed by atoms with Crippen molar-refractivity contribution >= 4 is 193 Å². The lowest BCUT2D eigenvalue weighted by Gasteiger charge is -2.33. The zero-order valence-corrected chi connectivity index (χ0v) is 85.4. The third kappa shape index (κ3) is 37.8. The minimum atomic E-state index is -1.76. The molecule has 0 saturated carbocycles. The molecule has 5 heterocycles. The van der Waals surface area contributed by atoms with Gasteiger partial charge in [0.25, 0.3) is 0 Å². The second-order valence-electron chi connectivity index (χ2n) is 36.2. The molecule has 3 aliphatic heterocycles. The standard InChI is InChI=1S/C45H64N10O13S2.C27H43N5O6S2.C22H27N5O6/c1-22(2)15-29-39(63)50-30(16-25-18-46-27-10-8-7-9-26(25)27)40(64)49-28(11-12-36(60)61)38(62)53-33(21-70-14-13-34(58)48-29)43(67)52-32(20-69-6)42(66)51-31-17-45(5,24(4)57)55-35(59)19-47-44(68)37(23(3)56)54-41(31)65;1-16(2)12-19(28-4)24(34)30-20(13-18-10-8-7-9-11-18)25(35)29-17(3)23(33)31-21(14-39-5)26(36)32-22(15-40-6)27(37)38;1-11(28)22(2)9-14(23)19(31)25-17(8-18(29)30)20(32)26-16(21(33)27-22)7-12-10-24-15-6-4-3-5-13(12)15/h7-10,18,22-23,28-33,37,46,56H,11-17,19-21H2,1-6H3,(H,47,68)(H,48,58)(H,49,64)(H,50,63)(H,51,66)(H,52,67)(H,53,62)(H,54,65)(H,55,59)(H,60,61);7-11,16-17,19-22,28H,12-15H2,1-6H3,(H,29,35)(H,30,34)(H,31,33)(H,32,36)(H,37,38);3-6,10,14,16-17,24H,7-9,23H2,1-2H3,(H,25,31)(H,26,32)(H,27,33)(H,29,30)/t23-,28+,29+,30+,31+,32-,33+,37+,45+;17-,19-,20-,21-,22-;14-,16-,17-,22-/m100/s1. The predicted octanol–water partition coefficient (Wildman–Crippen LogP) is -2.14. The van der Waals surface area contributed by atoms with Gasteiger partial charge in [-0.1, -0.05) is 94.4 Å². The van der Waals surface area contributed by atoms with Crippen LogP contribution < -0.4 is 96.1 Å². The number of carboxylic acids is 3. The lowest BCUT2D eigenvalue weighted by Crippen LogP contribution is -2.63. The van der Waals surface area contributed by atoms with E-state index >= 15 is 0 Å². The highest BCUT2D eigenvalue weighted by atomic mass is 32.2. The molecule has 784 valence electrons. The first kappa shape index (κ1) is 119. The van der Waals surface area contributed by atoms with Crippen LogP contribution in [0.15, 0.2) is 91.3 Å². The molecule has 143 heavy (non-hydrogen) atoms. The first-order valence-corrected chi connectivity index (χ1v) is 51.6. The van der Waals surface area contributed by atoms with Crippen LogP contribution in [-0.4, -0.2) is 323 Å². The van der Waals surface area contributed by atoms with Crippen LogP contribution in [0, 0.1) is 11.8 Å². The number of Topliss-reactive ketones (excluding diaryl/α,β-unsaturated/α-hetero) is 2. The van der Waals surface area contributed by atoms with Crippen LogP contribution in [0.3, 0.4) is 0 Å². The fraction of sp³-hybridized carbons (Fsp3) is 0.543. The highest BCUT2D eigenvalue weighted by Crippen LogP contribution is 2.25. The zero-order chi connectivity index (χ0) is 106. The summed E-state index contributed by atoms with van der Waals surface area (Å²) in [5.74, 6) is -16.5. The Labute approximate surface area is 843 Å². The Morgan fingerprint density at radius 3 is 1.54 bits per heavy atom. The molecule has 2 aromatic heterocycles. The highest BCUT2D eigenvalue weighted by Gasteiger charge is 2.45. The molecule has 18 atom stereocenters. The van der Waals surface area contributed by atoms with Gasteiger partial charge >= 0.3 is 17.9 Å². The molecule has 3 saturated heterocycles. The Balaban J connectivity index is 0.000000361. The Bertz CT molecular complexity index is 5360. The van der Waals surface area contributed by atoms with Gasteiger partial charge in [0.05, 0.1) is 42.2 Å². The van der Waals surface area contributed by atoms with Crippen LogP contribution >= 0.6 is 47.0 Å². The maximum atomic E-state index is 14.3. The Morgan fingerprint density at radius 2 is 1.00 bits per heavy atom. The number of likely N-dealkylation sites (N-methyl/N-ethyl adjacent to an activating group) is 1. The summed E-state index contributed by atoms with van der Waals surface area (Å²) < 4.78 is 0. The van der Waals surface area contributed by atoms with Gasteiger partial charge in [0.2, 0.25) is 94.5 Å². The van der Waals surface area contributed by atoms with Gasteiger partial charge in [0.1, 0.15) is 78.5 Å². The fourth-order valence-electron chi connectivity index (χ4n) is 15.3. The van der Waals surface area contributed by atoms with Gasteiger partial charge in [0.15, 0.2) is 11.6 Å². The molecule has 25 N–H and O–H groups in total. The SMILES string of the molecule is CC(=O)[C@]1(C)C[C@H](N)C(=O)N[C@@H](CC(=O)O)C(=O)N[C@@H](Cc2c[nH]c3ccccc23)C(=O)N1.CN[C@@H](CC(C)C)C(=O)N[C@@H](Cc1ccccc1)C(=O)N[C@@H](C)C(=O)N[C@@H](CSC)C(=O)N[C@@H](CSC)C(=O)O.CSC[C@@H](NC(=O)[C@@H]1CSCCC(=O)N[C@@H](CC(C)C)C(=O)N[C@@H](Cc2c[nH]c3ccccc23)C(=O)N[C@@H](CCC(=O)O)C(=O)N1)C(=O)N[C@H]1C[C@@](C)(C(C)=O)NC(=O)CNC(=O)[C@H]([C@@H](C)O)NC1=O. The van der Waals surface area contributed by atoms with Crippen LogP contribution in [0.4, 0.5) is 0 Å². The molecule has 0 unspecified atom stereocenters. The number of carboxylic acid groups (broad SMARTS) is 3. The molecule has 45 nitrogen and oxygen atoms in total. The van der Waals surface area contributed by atoms with Gasteiger partial charge in [-0.25, -0.2) is 4.79 Å².